The third kappa shape index (κ3) is 13.4. The van der Waals surface area contributed by atoms with E-state index >= 15 is 0 Å². The Morgan fingerprint density at radius 2 is 0.310 bits per heavy atom. The minimum absolute atomic E-state index is 0.348. The normalized spacial score (nSPS) is 10.8. The van der Waals surface area contributed by atoms with E-state index in [0.29, 0.717) is 0 Å². The van der Waals surface area contributed by atoms with Gasteiger partial charge in [-0.3, -0.25) is 0 Å². The summed E-state index contributed by atoms with van der Waals surface area (Å²) in [5.74, 6) is 0. The number of benzene rings is 8. The summed E-state index contributed by atoms with van der Waals surface area (Å²) in [5, 5.41) is 11.8. The van der Waals surface area contributed by atoms with Crippen molar-refractivity contribution in [3.63, 3.8) is 0 Å². The number of hydrogen-bond acceptors (Lipinski definition) is 0. The molecular weight excluding hydrogens is 1030 g/mol. The number of hydrogen-bond donors (Lipinski definition) is 0. The molecule has 0 saturated carbocycles. The van der Waals surface area contributed by atoms with E-state index in [0.717, 1.165) is 0 Å². The van der Waals surface area contributed by atoms with Crippen LogP contribution in [0.1, 0.15) is 0 Å². The van der Waals surface area contributed by atoms with Crippen molar-refractivity contribution in [2.24, 2.45) is 0 Å². The minimum atomic E-state index is -0.348. The van der Waals surface area contributed by atoms with Crippen molar-refractivity contribution in [3.8, 4) is 0 Å². The Labute approximate surface area is 370 Å². The third-order valence-electron chi connectivity index (χ3n) is 9.64. The summed E-state index contributed by atoms with van der Waals surface area (Å²) in [6.07, 6.45) is 4.83. The molecule has 0 atom stereocenters. The van der Waals surface area contributed by atoms with Crippen molar-refractivity contribution in [2.45, 2.75) is 0 Å². The molecule has 0 N–H and O–H groups in total. The first-order chi connectivity index (χ1) is 28.8. The van der Waals surface area contributed by atoms with Crippen LogP contribution in [0, 0.1) is 0 Å². The van der Waals surface area contributed by atoms with Crippen LogP contribution in [-0.4, -0.2) is 24.6 Å². The summed E-state index contributed by atoms with van der Waals surface area (Å²) < 4.78 is 0. The molecule has 0 radical (unpaired) electrons. The molecule has 58 heavy (non-hydrogen) atoms. The van der Waals surface area contributed by atoms with E-state index in [1.807, 2.05) is 0 Å². The first-order valence-electron chi connectivity index (χ1n) is 19.5. The van der Waals surface area contributed by atoms with Gasteiger partial charge in [0.25, 0.3) is 0 Å². The van der Waals surface area contributed by atoms with Crippen molar-refractivity contribution in [2.75, 3.05) is 24.6 Å². The predicted molar refractivity (Wildman–Crippen MR) is 265 cm³/mol. The molecule has 0 nitrogen and oxygen atoms in total. The number of rotatable bonds is 14. The van der Waals surface area contributed by atoms with Crippen LogP contribution in [0.25, 0.3) is 0 Å². The van der Waals surface area contributed by atoms with Crippen LogP contribution in [0.2, 0.25) is 0 Å². The zero-order chi connectivity index (χ0) is 40.0. The van der Waals surface area contributed by atoms with Crippen molar-refractivity contribution < 1.29 is 18.9 Å². The second kappa shape index (κ2) is 25.4. The van der Waals surface area contributed by atoms with Gasteiger partial charge in [0.05, 0.1) is 0 Å². The molecule has 8 rings (SSSR count). The first-order valence-corrected chi connectivity index (χ1v) is 30.3. The summed E-state index contributed by atoms with van der Waals surface area (Å²) in [6, 6.07) is 88.4. The van der Waals surface area contributed by atoms with E-state index in [2.05, 4.69) is 275 Å². The molecule has 0 spiro atoms. The van der Waals surface area contributed by atoms with Gasteiger partial charge in [-0.2, -0.15) is 0 Å². The smallest absolute Gasteiger partial charge is 0.0195 e. The van der Waals surface area contributed by atoms with Crippen LogP contribution in [-0.2, 0) is 18.9 Å². The average Bonchev–Trinajstić information content (AvgIpc) is 3.32. The van der Waals surface area contributed by atoms with Crippen molar-refractivity contribution in [3.05, 3.63) is 243 Å². The summed E-state index contributed by atoms with van der Waals surface area (Å²) >= 11 is 4.97. The molecule has 0 aliphatic heterocycles. The summed E-state index contributed by atoms with van der Waals surface area (Å²) in [7, 11) is -1.39. The molecule has 0 aromatic heterocycles. The molecule has 8 aromatic carbocycles. The molecule has 0 heterocycles. The van der Waals surface area contributed by atoms with Crippen LogP contribution >= 0.6 is 44.7 Å². The van der Waals surface area contributed by atoms with Gasteiger partial charge in [-0.1, -0.05) is 243 Å². The van der Waals surface area contributed by atoms with E-state index in [-0.39, 0.29) is 31.7 Å². The quantitative estimate of drug-likeness (QED) is 0.0752. The molecule has 0 bridgehead atoms. The van der Waals surface area contributed by atoms with Crippen molar-refractivity contribution in [1.82, 2.24) is 0 Å². The van der Waals surface area contributed by atoms with Crippen LogP contribution in [0.15, 0.2) is 243 Å². The molecule has 8 aromatic rings. The van der Waals surface area contributed by atoms with E-state index in [1.165, 1.54) is 67.1 Å². The summed E-state index contributed by atoms with van der Waals surface area (Å²) in [4.78, 5) is 0. The molecular formula is C52H48AuBrP4. The third-order valence-corrected chi connectivity index (χ3v) is 20.4. The van der Waals surface area contributed by atoms with Gasteiger partial charge >= 0.3 is 32.0 Å². The molecule has 0 aliphatic carbocycles. The zero-order valence-corrected chi connectivity index (χ0v) is 39.7. The van der Waals surface area contributed by atoms with Gasteiger partial charge in [0.15, 0.2) is 0 Å². The van der Waals surface area contributed by atoms with Gasteiger partial charge in [0.1, 0.15) is 0 Å². The SMILES string of the molecule is [Br][Au].c1ccc(P(CCP(c2ccccc2)c2ccccc2)c2ccccc2)cc1.c1ccc(P(CCP(c2ccccc2)c2ccccc2)c2ccccc2)cc1. The van der Waals surface area contributed by atoms with Crippen LogP contribution in [0.3, 0.4) is 0 Å². The van der Waals surface area contributed by atoms with Crippen molar-refractivity contribution >= 4 is 87.1 Å². The van der Waals surface area contributed by atoms with Gasteiger partial charge in [-0.25, -0.2) is 0 Å². The van der Waals surface area contributed by atoms with E-state index in [9.17, 15) is 0 Å². The van der Waals surface area contributed by atoms with E-state index in [1.54, 1.807) is 0 Å². The van der Waals surface area contributed by atoms with Crippen LogP contribution in [0.5, 0.6) is 0 Å². The Morgan fingerprint density at radius 1 is 0.207 bits per heavy atom. The molecule has 294 valence electrons. The fourth-order valence-electron chi connectivity index (χ4n) is 6.89. The molecule has 0 unspecified atom stereocenters. The second-order valence-corrected chi connectivity index (χ2v) is 22.6. The topological polar surface area (TPSA) is 0 Å². The Balaban J connectivity index is 0.000000188. The van der Waals surface area contributed by atoms with Gasteiger partial charge in [-0.15, -0.1) is 0 Å². The Bertz CT molecular complexity index is 1760. The maximum absolute atomic E-state index is 2.88. The largest absolute Gasteiger partial charge is 0.0622 e. The fraction of sp³-hybridized carbons (Fsp3) is 0.0769. The molecule has 6 heteroatoms. The second-order valence-electron chi connectivity index (χ2n) is 13.3. The van der Waals surface area contributed by atoms with Gasteiger partial charge in [0, 0.05) is 0 Å². The molecule has 0 amide bonds. The van der Waals surface area contributed by atoms with Gasteiger partial charge in [-0.05, 0) is 98.8 Å². The van der Waals surface area contributed by atoms with Crippen LogP contribution in [0.4, 0.5) is 0 Å². The number of halogens is 1. The molecule has 0 aliphatic rings. The standard InChI is InChI=1S/2C26H24P2.Au.BrH/c2*1-5-13-23(14-6-1)27(24-15-7-2-8-16-24)21-22-28(25-17-9-3-10-18-25)26-19-11-4-12-20-26;;/h2*1-20H,21-22H2;;1H/q;;+1;/p-1. The zero-order valence-electron chi connectivity index (χ0n) is 32.4. The fourth-order valence-corrected chi connectivity index (χ4v) is 17.6. The minimum Gasteiger partial charge on any atom is -0.0622 e. The van der Waals surface area contributed by atoms with Gasteiger partial charge < -0.3 is 0 Å². The van der Waals surface area contributed by atoms with Crippen LogP contribution < -0.4 is 42.4 Å². The maximum atomic E-state index is 2.88. The summed E-state index contributed by atoms with van der Waals surface area (Å²) in [6.45, 7) is 0. The average molecular weight is 1070 g/mol. The summed E-state index contributed by atoms with van der Waals surface area (Å²) in [5.41, 5.74) is 0. The first kappa shape index (κ1) is 44.3. The van der Waals surface area contributed by atoms with Crippen molar-refractivity contribution in [1.29, 1.82) is 0 Å². The predicted octanol–water partition coefficient (Wildman–Crippen LogP) is 11.3. The maximum Gasteiger partial charge on any atom is -0.0195 e. The molecule has 0 fully saturated rings. The van der Waals surface area contributed by atoms with Gasteiger partial charge in [0.2, 0.25) is 0 Å². The Kier molecular flexibility index (Phi) is 19.3. The van der Waals surface area contributed by atoms with E-state index < -0.39 is 0 Å². The van der Waals surface area contributed by atoms with E-state index in [4.69, 9.17) is 0 Å². The molecule has 0 saturated heterocycles. The Hall–Kier alpha value is -3.30. The Morgan fingerprint density at radius 3 is 0.414 bits per heavy atom. The monoisotopic (exact) mass is 1070 g/mol.